The van der Waals surface area contributed by atoms with Gasteiger partial charge in [-0.15, -0.1) is 5.11 Å². The van der Waals surface area contributed by atoms with Crippen LogP contribution in [0.15, 0.2) is 63.9 Å². The van der Waals surface area contributed by atoms with Gasteiger partial charge in [-0.2, -0.15) is 15.2 Å². The molecule has 0 N–H and O–H groups in total. The monoisotopic (exact) mass is 337 g/mol. The molecule has 1 amide bonds. The molecule has 0 bridgehead atoms. The first-order chi connectivity index (χ1) is 12.0. The van der Waals surface area contributed by atoms with E-state index in [0.29, 0.717) is 11.4 Å². The Labute approximate surface area is 143 Å². The number of hydrazone groups is 1. The van der Waals surface area contributed by atoms with Crippen molar-refractivity contribution >= 4 is 28.7 Å². The average Bonchev–Trinajstić information content (AvgIpc) is 2.89. The zero-order chi connectivity index (χ0) is 18.0. The molecule has 0 spiro atoms. The van der Waals surface area contributed by atoms with Gasteiger partial charge in [-0.05, 0) is 37.6 Å². The topological polar surface area (TPSA) is 101 Å². The SMILES string of the molecule is CC1=NN(c2ccccc2)C(=O)[C@H]1N=Nc1ccc(C)cc1[N+](=O)[O-]. The number of nitrogens with zero attached hydrogens (tertiary/aromatic N) is 5. The molecule has 0 saturated heterocycles. The largest absolute Gasteiger partial charge is 0.296 e. The highest BCUT2D eigenvalue weighted by atomic mass is 16.6. The molecule has 1 aliphatic rings. The minimum Gasteiger partial charge on any atom is -0.269 e. The Hall–Kier alpha value is -3.42. The zero-order valence-electron chi connectivity index (χ0n) is 13.7. The van der Waals surface area contributed by atoms with Gasteiger partial charge in [0.15, 0.2) is 11.7 Å². The molecule has 1 atom stereocenters. The second-order valence-corrected chi connectivity index (χ2v) is 5.59. The Morgan fingerprint density at radius 3 is 2.56 bits per heavy atom. The summed E-state index contributed by atoms with van der Waals surface area (Å²) in [6.07, 6.45) is 0. The molecule has 25 heavy (non-hydrogen) atoms. The number of carbonyl (C=O) groups excluding carboxylic acids is 1. The summed E-state index contributed by atoms with van der Waals surface area (Å²) >= 11 is 0. The third-order valence-electron chi connectivity index (χ3n) is 3.71. The van der Waals surface area contributed by atoms with E-state index in [0.717, 1.165) is 5.56 Å². The van der Waals surface area contributed by atoms with Crippen molar-refractivity contribution in [1.29, 1.82) is 0 Å². The van der Waals surface area contributed by atoms with E-state index in [2.05, 4.69) is 15.3 Å². The highest BCUT2D eigenvalue weighted by molar-refractivity contribution is 6.18. The summed E-state index contributed by atoms with van der Waals surface area (Å²) in [7, 11) is 0. The molecule has 0 aliphatic carbocycles. The molecular weight excluding hydrogens is 322 g/mol. The van der Waals surface area contributed by atoms with Crippen molar-refractivity contribution in [1.82, 2.24) is 0 Å². The minimum absolute atomic E-state index is 0.106. The smallest absolute Gasteiger partial charge is 0.269 e. The quantitative estimate of drug-likeness (QED) is 0.482. The number of hydrogen-bond acceptors (Lipinski definition) is 6. The number of aryl methyl sites for hydroxylation is 1. The third kappa shape index (κ3) is 3.27. The lowest BCUT2D eigenvalue weighted by Crippen LogP contribution is -2.29. The molecule has 0 aromatic heterocycles. The van der Waals surface area contributed by atoms with E-state index in [-0.39, 0.29) is 17.3 Å². The third-order valence-corrected chi connectivity index (χ3v) is 3.71. The van der Waals surface area contributed by atoms with E-state index in [4.69, 9.17) is 0 Å². The lowest BCUT2D eigenvalue weighted by molar-refractivity contribution is -0.384. The van der Waals surface area contributed by atoms with E-state index in [1.807, 2.05) is 6.07 Å². The normalized spacial score (nSPS) is 17.2. The second-order valence-electron chi connectivity index (χ2n) is 5.59. The van der Waals surface area contributed by atoms with Gasteiger partial charge in [0.25, 0.3) is 11.6 Å². The number of amides is 1. The first-order valence-electron chi connectivity index (χ1n) is 7.57. The molecule has 0 fully saturated rings. The number of benzene rings is 2. The van der Waals surface area contributed by atoms with E-state index < -0.39 is 11.0 Å². The van der Waals surface area contributed by atoms with Crippen LogP contribution >= 0.6 is 0 Å². The van der Waals surface area contributed by atoms with Gasteiger partial charge in [0.05, 0.1) is 16.3 Å². The maximum Gasteiger partial charge on any atom is 0.296 e. The predicted octanol–water partition coefficient (Wildman–Crippen LogP) is 3.78. The highest BCUT2D eigenvalue weighted by Gasteiger charge is 2.34. The predicted molar refractivity (Wildman–Crippen MR) is 93.2 cm³/mol. The fraction of sp³-hybridized carbons (Fsp3) is 0.176. The number of rotatable bonds is 4. The molecule has 0 radical (unpaired) electrons. The van der Waals surface area contributed by atoms with Crippen molar-refractivity contribution in [2.45, 2.75) is 19.9 Å². The average molecular weight is 337 g/mol. The number of anilines is 1. The Kier molecular flexibility index (Phi) is 4.34. The van der Waals surface area contributed by atoms with Crippen LogP contribution in [0.4, 0.5) is 17.1 Å². The summed E-state index contributed by atoms with van der Waals surface area (Å²) in [4.78, 5) is 23.2. The summed E-state index contributed by atoms with van der Waals surface area (Å²) < 4.78 is 0. The molecule has 8 nitrogen and oxygen atoms in total. The van der Waals surface area contributed by atoms with Gasteiger partial charge in [0.1, 0.15) is 0 Å². The summed E-state index contributed by atoms with van der Waals surface area (Å²) in [5, 5.41) is 24.6. The van der Waals surface area contributed by atoms with Crippen LogP contribution in [0.3, 0.4) is 0 Å². The van der Waals surface area contributed by atoms with Crippen molar-refractivity contribution in [3.05, 3.63) is 64.2 Å². The van der Waals surface area contributed by atoms with E-state index >= 15 is 0 Å². The van der Waals surface area contributed by atoms with Crippen molar-refractivity contribution in [2.24, 2.45) is 15.3 Å². The molecule has 2 aromatic rings. The minimum atomic E-state index is -0.888. The van der Waals surface area contributed by atoms with Crippen molar-refractivity contribution in [3.8, 4) is 0 Å². The van der Waals surface area contributed by atoms with Crippen molar-refractivity contribution in [3.63, 3.8) is 0 Å². The Morgan fingerprint density at radius 1 is 1.16 bits per heavy atom. The van der Waals surface area contributed by atoms with Gasteiger partial charge in [-0.25, -0.2) is 0 Å². The maximum atomic E-state index is 12.5. The Bertz CT molecular complexity index is 892. The van der Waals surface area contributed by atoms with Gasteiger partial charge in [0, 0.05) is 6.07 Å². The number of nitro groups is 1. The van der Waals surface area contributed by atoms with Gasteiger partial charge in [-0.1, -0.05) is 24.3 Å². The Morgan fingerprint density at radius 2 is 1.88 bits per heavy atom. The summed E-state index contributed by atoms with van der Waals surface area (Å²) in [5.41, 5.74) is 1.81. The van der Waals surface area contributed by atoms with Gasteiger partial charge >= 0.3 is 0 Å². The van der Waals surface area contributed by atoms with Crippen LogP contribution in [0.25, 0.3) is 0 Å². The maximum absolute atomic E-state index is 12.5. The molecule has 8 heteroatoms. The van der Waals surface area contributed by atoms with E-state index in [9.17, 15) is 14.9 Å². The van der Waals surface area contributed by atoms with Crippen LogP contribution in [0.5, 0.6) is 0 Å². The molecule has 2 aromatic carbocycles. The number of para-hydroxylation sites is 1. The molecule has 1 aliphatic heterocycles. The lowest BCUT2D eigenvalue weighted by Gasteiger charge is -2.11. The van der Waals surface area contributed by atoms with Crippen LogP contribution in [0.1, 0.15) is 12.5 Å². The van der Waals surface area contributed by atoms with Crippen LogP contribution in [-0.4, -0.2) is 22.6 Å². The molecular formula is C17H15N5O3. The molecule has 0 unspecified atom stereocenters. The van der Waals surface area contributed by atoms with Crippen LogP contribution in [0, 0.1) is 17.0 Å². The first-order valence-corrected chi connectivity index (χ1v) is 7.57. The summed E-state index contributed by atoms with van der Waals surface area (Å²) in [5.74, 6) is -0.345. The van der Waals surface area contributed by atoms with Gasteiger partial charge in [-0.3, -0.25) is 14.9 Å². The fourth-order valence-electron chi connectivity index (χ4n) is 2.43. The number of nitro benzene ring substituents is 1. The number of azo groups is 1. The molecule has 1 heterocycles. The molecule has 126 valence electrons. The van der Waals surface area contributed by atoms with Gasteiger partial charge < -0.3 is 0 Å². The standard InChI is InChI=1S/C17H15N5O3/c1-11-8-9-14(15(10-11)22(24)25)18-19-16-12(2)20-21(17(16)23)13-6-4-3-5-7-13/h3-10,16H,1-2H3/t16-/m0/s1. The zero-order valence-corrected chi connectivity index (χ0v) is 13.7. The number of carbonyl (C=O) groups is 1. The highest BCUT2D eigenvalue weighted by Crippen LogP contribution is 2.29. The lowest BCUT2D eigenvalue weighted by atomic mass is 10.2. The van der Waals surface area contributed by atoms with E-state index in [1.54, 1.807) is 44.2 Å². The number of hydrogen-bond donors (Lipinski definition) is 0. The fourth-order valence-corrected chi connectivity index (χ4v) is 2.43. The van der Waals surface area contributed by atoms with Crippen molar-refractivity contribution in [2.75, 3.05) is 5.01 Å². The van der Waals surface area contributed by atoms with Crippen LogP contribution in [0.2, 0.25) is 0 Å². The molecule has 0 saturated carbocycles. The van der Waals surface area contributed by atoms with Crippen LogP contribution in [-0.2, 0) is 4.79 Å². The summed E-state index contributed by atoms with van der Waals surface area (Å²) in [6, 6.07) is 12.7. The second kappa shape index (κ2) is 6.60. The Balaban J connectivity index is 1.87. The van der Waals surface area contributed by atoms with E-state index in [1.165, 1.54) is 17.1 Å². The molecule has 3 rings (SSSR count). The van der Waals surface area contributed by atoms with Gasteiger partial charge in [0.2, 0.25) is 0 Å². The van der Waals surface area contributed by atoms with Crippen LogP contribution < -0.4 is 5.01 Å². The first kappa shape index (κ1) is 16.4. The van der Waals surface area contributed by atoms with Crippen molar-refractivity contribution < 1.29 is 9.72 Å². The summed E-state index contributed by atoms with van der Waals surface area (Å²) in [6.45, 7) is 3.43.